The average molecular weight is 324 g/mol. The van der Waals surface area contributed by atoms with Crippen LogP contribution in [0.25, 0.3) is 11.2 Å². The lowest BCUT2D eigenvalue weighted by atomic mass is 10.2. The predicted molar refractivity (Wildman–Crippen MR) is 72.1 cm³/mol. The Labute approximate surface area is 122 Å². The smallest absolute Gasteiger partial charge is 0.278 e. The van der Waals surface area contributed by atoms with E-state index in [1.54, 1.807) is 4.57 Å². The number of halogens is 3. The first-order valence-corrected chi connectivity index (χ1v) is 6.94. The highest BCUT2D eigenvalue weighted by Crippen LogP contribution is 2.37. The summed E-state index contributed by atoms with van der Waals surface area (Å²) in [7, 11) is 0. The Morgan fingerprint density at radius 1 is 1.37 bits per heavy atom. The SMILES string of the molecule is O=c1[nH]cnc2c1ncn2[C@@H]1O[C@H](CCl)[C@@H](Cl)[C@H]1Cl. The summed E-state index contributed by atoms with van der Waals surface area (Å²) in [5.41, 5.74) is 0.318. The normalized spacial score (nSPS) is 31.1. The number of hydrogen-bond donors (Lipinski definition) is 1. The van der Waals surface area contributed by atoms with Gasteiger partial charge in [0.1, 0.15) is 0 Å². The molecule has 0 aliphatic carbocycles. The molecule has 3 heterocycles. The standard InChI is InChI=1S/C10H9Cl3N4O2/c11-1-4-5(12)6(13)10(19-4)17-3-16-7-8(17)14-2-15-9(7)18/h2-6,10H,1H2,(H,14,15,18)/t4-,5-,6-,10-/m1/s1. The molecule has 6 nitrogen and oxygen atoms in total. The molecule has 0 unspecified atom stereocenters. The van der Waals surface area contributed by atoms with Gasteiger partial charge in [-0.3, -0.25) is 9.36 Å². The summed E-state index contributed by atoms with van der Waals surface area (Å²) in [6, 6.07) is 0. The lowest BCUT2D eigenvalue weighted by Gasteiger charge is -2.15. The lowest BCUT2D eigenvalue weighted by Crippen LogP contribution is -2.23. The first kappa shape index (κ1) is 13.2. The van der Waals surface area contributed by atoms with Crippen LogP contribution in [0.15, 0.2) is 17.4 Å². The Morgan fingerprint density at radius 2 is 2.16 bits per heavy atom. The number of rotatable bonds is 2. The summed E-state index contributed by atoms with van der Waals surface area (Å²) in [5, 5.41) is -0.896. The van der Waals surface area contributed by atoms with Crippen LogP contribution in [-0.2, 0) is 4.74 Å². The van der Waals surface area contributed by atoms with E-state index in [1.807, 2.05) is 0 Å². The molecule has 1 aliphatic rings. The Bertz CT molecular complexity index is 658. The molecule has 1 fully saturated rings. The molecule has 0 bridgehead atoms. The average Bonchev–Trinajstić information content (AvgIpc) is 2.94. The van der Waals surface area contributed by atoms with Crippen molar-refractivity contribution in [1.82, 2.24) is 19.5 Å². The molecule has 9 heteroatoms. The van der Waals surface area contributed by atoms with Crippen molar-refractivity contribution in [1.29, 1.82) is 0 Å². The molecule has 1 saturated heterocycles. The van der Waals surface area contributed by atoms with Crippen LogP contribution >= 0.6 is 34.8 Å². The van der Waals surface area contributed by atoms with Gasteiger partial charge in [0, 0.05) is 0 Å². The number of hydrogen-bond acceptors (Lipinski definition) is 4. The summed E-state index contributed by atoms with van der Waals surface area (Å²) in [4.78, 5) is 22.1. The predicted octanol–water partition coefficient (Wildman–Crippen LogP) is 1.47. The number of nitrogens with zero attached hydrogens (tertiary/aromatic N) is 3. The van der Waals surface area contributed by atoms with Gasteiger partial charge < -0.3 is 9.72 Å². The fourth-order valence-corrected chi connectivity index (χ4v) is 3.05. The zero-order valence-electron chi connectivity index (χ0n) is 9.46. The van der Waals surface area contributed by atoms with E-state index in [9.17, 15) is 4.79 Å². The highest BCUT2D eigenvalue weighted by atomic mass is 35.5. The third kappa shape index (κ3) is 2.03. The topological polar surface area (TPSA) is 72.8 Å². The molecule has 1 N–H and O–H groups in total. The first-order valence-electron chi connectivity index (χ1n) is 5.53. The van der Waals surface area contributed by atoms with Crippen molar-refractivity contribution in [3.63, 3.8) is 0 Å². The Kier molecular flexibility index (Phi) is 3.42. The second-order valence-corrected chi connectivity index (χ2v) is 5.48. The lowest BCUT2D eigenvalue weighted by molar-refractivity contribution is 0.0162. The Balaban J connectivity index is 2.06. The van der Waals surface area contributed by atoms with Crippen LogP contribution in [0.5, 0.6) is 0 Å². The van der Waals surface area contributed by atoms with E-state index in [-0.39, 0.29) is 23.1 Å². The Hall–Kier alpha value is -0.820. The molecule has 4 atom stereocenters. The number of fused-ring (bicyclic) bond motifs is 1. The molecular weight excluding hydrogens is 314 g/mol. The fourth-order valence-electron chi connectivity index (χ4n) is 2.08. The monoisotopic (exact) mass is 322 g/mol. The van der Waals surface area contributed by atoms with Gasteiger partial charge in [-0.05, 0) is 0 Å². The maximum atomic E-state index is 11.6. The molecule has 102 valence electrons. The van der Waals surface area contributed by atoms with Crippen molar-refractivity contribution in [2.75, 3.05) is 5.88 Å². The highest BCUT2D eigenvalue weighted by molar-refractivity contribution is 6.31. The van der Waals surface area contributed by atoms with Gasteiger partial charge in [-0.25, -0.2) is 9.97 Å². The second-order valence-electron chi connectivity index (χ2n) is 4.16. The molecule has 2 aromatic heterocycles. The summed E-state index contributed by atoms with van der Waals surface area (Å²) in [6.45, 7) is 0. The maximum absolute atomic E-state index is 11.6. The van der Waals surface area contributed by atoms with Gasteiger partial charge in [0.2, 0.25) is 0 Å². The third-order valence-electron chi connectivity index (χ3n) is 3.04. The van der Waals surface area contributed by atoms with E-state index in [4.69, 9.17) is 39.5 Å². The van der Waals surface area contributed by atoms with Gasteiger partial charge in [0.05, 0.1) is 35.4 Å². The second kappa shape index (κ2) is 4.94. The highest BCUT2D eigenvalue weighted by Gasteiger charge is 2.43. The Morgan fingerprint density at radius 3 is 2.84 bits per heavy atom. The van der Waals surface area contributed by atoms with E-state index >= 15 is 0 Å². The fraction of sp³-hybridized carbons (Fsp3) is 0.500. The third-order valence-corrected chi connectivity index (χ3v) is 4.51. The van der Waals surface area contributed by atoms with Gasteiger partial charge in [-0.1, -0.05) is 0 Å². The number of aromatic nitrogens is 4. The quantitative estimate of drug-likeness (QED) is 0.850. The molecule has 0 radical (unpaired) electrons. The van der Waals surface area contributed by atoms with E-state index in [1.165, 1.54) is 12.7 Å². The minimum absolute atomic E-state index is 0.232. The van der Waals surface area contributed by atoms with Crippen molar-refractivity contribution in [3.8, 4) is 0 Å². The molecule has 0 spiro atoms. The summed E-state index contributed by atoms with van der Waals surface area (Å²) in [5.74, 6) is 0.245. The molecule has 19 heavy (non-hydrogen) atoms. The molecule has 1 aliphatic heterocycles. The minimum Gasteiger partial charge on any atom is -0.350 e. The van der Waals surface area contributed by atoms with Crippen molar-refractivity contribution in [2.45, 2.75) is 23.1 Å². The molecule has 2 aromatic rings. The van der Waals surface area contributed by atoms with E-state index in [0.29, 0.717) is 5.65 Å². The van der Waals surface area contributed by atoms with Gasteiger partial charge in [-0.2, -0.15) is 0 Å². The van der Waals surface area contributed by atoms with Gasteiger partial charge in [0.15, 0.2) is 17.4 Å². The van der Waals surface area contributed by atoms with Crippen LogP contribution in [-0.4, -0.2) is 42.3 Å². The number of nitrogens with one attached hydrogen (secondary N) is 1. The van der Waals surface area contributed by atoms with Crippen molar-refractivity contribution < 1.29 is 4.74 Å². The molecule has 0 aromatic carbocycles. The van der Waals surface area contributed by atoms with Crippen LogP contribution in [0.4, 0.5) is 0 Å². The number of imidazole rings is 1. The molecule has 0 saturated carbocycles. The molecule has 3 rings (SSSR count). The van der Waals surface area contributed by atoms with E-state index in [2.05, 4.69) is 15.0 Å². The maximum Gasteiger partial charge on any atom is 0.278 e. The first-order chi connectivity index (χ1) is 9.13. The summed E-state index contributed by atoms with van der Waals surface area (Å²) in [6.07, 6.45) is 1.87. The zero-order valence-corrected chi connectivity index (χ0v) is 11.7. The number of H-pyrrole nitrogens is 1. The molecular formula is C10H9Cl3N4O2. The van der Waals surface area contributed by atoms with Crippen LogP contribution in [0.2, 0.25) is 0 Å². The van der Waals surface area contributed by atoms with Gasteiger partial charge >= 0.3 is 0 Å². The summed E-state index contributed by atoms with van der Waals surface area (Å²) >= 11 is 18.2. The van der Waals surface area contributed by atoms with Crippen LogP contribution in [0.1, 0.15) is 6.23 Å². The van der Waals surface area contributed by atoms with Crippen LogP contribution in [0, 0.1) is 0 Å². The van der Waals surface area contributed by atoms with Crippen molar-refractivity contribution >= 4 is 46.0 Å². The number of alkyl halides is 3. The summed E-state index contributed by atoms with van der Waals surface area (Å²) < 4.78 is 7.30. The van der Waals surface area contributed by atoms with E-state index < -0.39 is 17.0 Å². The largest absolute Gasteiger partial charge is 0.350 e. The molecule has 0 amide bonds. The minimum atomic E-state index is -0.549. The number of ether oxygens (including phenoxy) is 1. The zero-order chi connectivity index (χ0) is 13.6. The van der Waals surface area contributed by atoms with E-state index in [0.717, 1.165) is 0 Å². The van der Waals surface area contributed by atoms with Gasteiger partial charge in [0.25, 0.3) is 5.56 Å². The van der Waals surface area contributed by atoms with Crippen LogP contribution < -0.4 is 5.56 Å². The van der Waals surface area contributed by atoms with Gasteiger partial charge in [-0.15, -0.1) is 34.8 Å². The van der Waals surface area contributed by atoms with Crippen molar-refractivity contribution in [2.24, 2.45) is 0 Å². The number of aromatic amines is 1. The van der Waals surface area contributed by atoms with Crippen LogP contribution in [0.3, 0.4) is 0 Å². The van der Waals surface area contributed by atoms with Crippen molar-refractivity contribution in [3.05, 3.63) is 23.0 Å².